The van der Waals surface area contributed by atoms with Crippen molar-refractivity contribution < 1.29 is 9.53 Å². The van der Waals surface area contributed by atoms with E-state index in [1.807, 2.05) is 6.07 Å². The number of amides is 1. The first-order chi connectivity index (χ1) is 9.58. The Hall–Kier alpha value is -1.58. The number of carbonyl (C=O) groups is 1. The van der Waals surface area contributed by atoms with E-state index in [0.717, 1.165) is 49.5 Å². The maximum atomic E-state index is 11.6. The number of aromatic nitrogens is 1. The number of aryl methyl sites for hydroxylation is 1. The molecule has 0 fully saturated rings. The molecule has 1 amide bonds. The van der Waals surface area contributed by atoms with Crippen molar-refractivity contribution in [2.24, 2.45) is 5.92 Å². The molecule has 0 aliphatic carbocycles. The van der Waals surface area contributed by atoms with Crippen LogP contribution in [0.15, 0.2) is 12.3 Å². The fraction of sp³-hybridized carbons (Fsp3) is 0.625. The first kappa shape index (κ1) is 14.8. The molecule has 0 saturated heterocycles. The third-order valence-electron chi connectivity index (χ3n) is 3.58. The molecule has 110 valence electrons. The van der Waals surface area contributed by atoms with Gasteiger partial charge in [0, 0.05) is 13.5 Å². The molecule has 20 heavy (non-hydrogen) atoms. The van der Waals surface area contributed by atoms with Gasteiger partial charge >= 0.3 is 0 Å². The standard InChI is InChI=1S/C16H24N2O2/c1-12(2)6-5-9-20-15-10-14-7-4-8-18(13(3)19)16(14)17-11-15/h10-12H,4-9H2,1-3H3. The van der Waals surface area contributed by atoms with Gasteiger partial charge < -0.3 is 4.74 Å². The quantitative estimate of drug-likeness (QED) is 0.776. The highest BCUT2D eigenvalue weighted by Gasteiger charge is 2.21. The topological polar surface area (TPSA) is 42.4 Å². The highest BCUT2D eigenvalue weighted by atomic mass is 16.5. The lowest BCUT2D eigenvalue weighted by Crippen LogP contribution is -2.34. The Morgan fingerprint density at radius 1 is 1.50 bits per heavy atom. The summed E-state index contributed by atoms with van der Waals surface area (Å²) in [6, 6.07) is 2.03. The number of anilines is 1. The first-order valence-corrected chi connectivity index (χ1v) is 7.47. The Labute approximate surface area is 121 Å². The van der Waals surface area contributed by atoms with Crippen LogP contribution in [0.4, 0.5) is 5.82 Å². The molecule has 0 radical (unpaired) electrons. The zero-order chi connectivity index (χ0) is 14.5. The van der Waals surface area contributed by atoms with E-state index < -0.39 is 0 Å². The van der Waals surface area contributed by atoms with Crippen molar-refractivity contribution in [2.75, 3.05) is 18.1 Å². The van der Waals surface area contributed by atoms with Crippen LogP contribution in [-0.4, -0.2) is 24.0 Å². The van der Waals surface area contributed by atoms with Crippen molar-refractivity contribution in [2.45, 2.75) is 46.5 Å². The lowest BCUT2D eigenvalue weighted by molar-refractivity contribution is -0.116. The predicted octanol–water partition coefficient (Wildman–Crippen LogP) is 3.20. The van der Waals surface area contributed by atoms with E-state index >= 15 is 0 Å². The second-order valence-electron chi connectivity index (χ2n) is 5.81. The van der Waals surface area contributed by atoms with E-state index in [1.54, 1.807) is 18.0 Å². The average molecular weight is 276 g/mol. The number of fused-ring (bicyclic) bond motifs is 1. The van der Waals surface area contributed by atoms with E-state index in [9.17, 15) is 4.79 Å². The number of rotatable bonds is 5. The van der Waals surface area contributed by atoms with Gasteiger partial charge in [0.25, 0.3) is 0 Å². The molecule has 1 aromatic rings. The van der Waals surface area contributed by atoms with Gasteiger partial charge in [-0.25, -0.2) is 4.98 Å². The van der Waals surface area contributed by atoms with Crippen LogP contribution in [0.3, 0.4) is 0 Å². The van der Waals surface area contributed by atoms with Crippen molar-refractivity contribution in [3.05, 3.63) is 17.8 Å². The number of hydrogen-bond acceptors (Lipinski definition) is 3. The number of nitrogens with zero attached hydrogens (tertiary/aromatic N) is 2. The molecule has 4 heteroatoms. The van der Waals surface area contributed by atoms with Crippen molar-refractivity contribution in [3.8, 4) is 5.75 Å². The third-order valence-corrected chi connectivity index (χ3v) is 3.58. The summed E-state index contributed by atoms with van der Waals surface area (Å²) in [7, 11) is 0. The minimum atomic E-state index is 0.0593. The Bertz CT molecular complexity index is 472. The maximum Gasteiger partial charge on any atom is 0.225 e. The van der Waals surface area contributed by atoms with Gasteiger partial charge in [-0.15, -0.1) is 0 Å². The van der Waals surface area contributed by atoms with Crippen LogP contribution >= 0.6 is 0 Å². The number of pyridine rings is 1. The zero-order valence-electron chi connectivity index (χ0n) is 12.7. The van der Waals surface area contributed by atoms with E-state index in [-0.39, 0.29) is 5.91 Å². The summed E-state index contributed by atoms with van der Waals surface area (Å²) >= 11 is 0. The molecular formula is C16H24N2O2. The molecule has 2 heterocycles. The zero-order valence-corrected chi connectivity index (χ0v) is 12.7. The molecule has 4 nitrogen and oxygen atoms in total. The average Bonchev–Trinajstić information content (AvgIpc) is 2.42. The van der Waals surface area contributed by atoms with Gasteiger partial charge in [0.15, 0.2) is 0 Å². The first-order valence-electron chi connectivity index (χ1n) is 7.47. The predicted molar refractivity (Wildman–Crippen MR) is 80.2 cm³/mol. The maximum absolute atomic E-state index is 11.6. The summed E-state index contributed by atoms with van der Waals surface area (Å²) in [5.41, 5.74) is 1.12. The Balaban J connectivity index is 1.99. The monoisotopic (exact) mass is 276 g/mol. The van der Waals surface area contributed by atoms with E-state index in [4.69, 9.17) is 4.74 Å². The van der Waals surface area contributed by atoms with Crippen LogP contribution < -0.4 is 9.64 Å². The molecule has 2 rings (SSSR count). The molecule has 0 aromatic carbocycles. The Morgan fingerprint density at radius 2 is 2.30 bits per heavy atom. The van der Waals surface area contributed by atoms with Crippen molar-refractivity contribution in [1.82, 2.24) is 4.98 Å². The fourth-order valence-corrected chi connectivity index (χ4v) is 2.51. The van der Waals surface area contributed by atoms with Crippen molar-refractivity contribution in [3.63, 3.8) is 0 Å². The molecule has 0 atom stereocenters. The smallest absolute Gasteiger partial charge is 0.225 e. The number of carbonyl (C=O) groups excluding carboxylic acids is 1. The minimum Gasteiger partial charge on any atom is -0.492 e. The van der Waals surface area contributed by atoms with Crippen LogP contribution in [0.25, 0.3) is 0 Å². The summed E-state index contributed by atoms with van der Waals surface area (Å²) in [4.78, 5) is 17.7. The largest absolute Gasteiger partial charge is 0.492 e. The van der Waals surface area contributed by atoms with E-state index in [0.29, 0.717) is 5.92 Å². The van der Waals surface area contributed by atoms with Crippen molar-refractivity contribution in [1.29, 1.82) is 0 Å². The molecule has 0 saturated carbocycles. The van der Waals surface area contributed by atoms with Crippen LogP contribution in [0.2, 0.25) is 0 Å². The molecule has 0 spiro atoms. The van der Waals surface area contributed by atoms with Gasteiger partial charge in [-0.3, -0.25) is 9.69 Å². The lowest BCUT2D eigenvalue weighted by atomic mass is 10.1. The van der Waals surface area contributed by atoms with Crippen LogP contribution in [0, 0.1) is 5.92 Å². The van der Waals surface area contributed by atoms with Crippen LogP contribution in [-0.2, 0) is 11.2 Å². The molecule has 1 aliphatic heterocycles. The number of ether oxygens (including phenoxy) is 1. The second-order valence-corrected chi connectivity index (χ2v) is 5.81. The molecule has 1 aliphatic rings. The fourth-order valence-electron chi connectivity index (χ4n) is 2.51. The number of hydrogen-bond donors (Lipinski definition) is 0. The molecule has 0 unspecified atom stereocenters. The molecule has 0 bridgehead atoms. The van der Waals surface area contributed by atoms with Gasteiger partial charge in [0.2, 0.25) is 5.91 Å². The minimum absolute atomic E-state index is 0.0593. The van der Waals surface area contributed by atoms with E-state index in [1.165, 1.54) is 6.42 Å². The van der Waals surface area contributed by atoms with Crippen LogP contribution in [0.5, 0.6) is 5.75 Å². The molecule has 0 N–H and O–H groups in total. The van der Waals surface area contributed by atoms with Gasteiger partial charge in [-0.1, -0.05) is 13.8 Å². The van der Waals surface area contributed by atoms with Crippen LogP contribution in [0.1, 0.15) is 45.6 Å². The molecular weight excluding hydrogens is 252 g/mol. The summed E-state index contributed by atoms with van der Waals surface area (Å²) in [5.74, 6) is 2.39. The van der Waals surface area contributed by atoms with E-state index in [2.05, 4.69) is 18.8 Å². The Morgan fingerprint density at radius 3 is 3.00 bits per heavy atom. The second kappa shape index (κ2) is 6.73. The summed E-state index contributed by atoms with van der Waals surface area (Å²) in [6.45, 7) is 7.53. The van der Waals surface area contributed by atoms with Gasteiger partial charge in [-0.2, -0.15) is 0 Å². The lowest BCUT2D eigenvalue weighted by Gasteiger charge is -2.27. The SMILES string of the molecule is CC(=O)N1CCCc2cc(OCCCC(C)C)cnc21. The highest BCUT2D eigenvalue weighted by molar-refractivity contribution is 5.91. The van der Waals surface area contributed by atoms with Gasteiger partial charge in [0.1, 0.15) is 11.6 Å². The van der Waals surface area contributed by atoms with Gasteiger partial charge in [0.05, 0.1) is 12.8 Å². The summed E-state index contributed by atoms with van der Waals surface area (Å²) in [6.07, 6.45) is 5.93. The summed E-state index contributed by atoms with van der Waals surface area (Å²) < 4.78 is 5.75. The third kappa shape index (κ3) is 3.71. The highest BCUT2D eigenvalue weighted by Crippen LogP contribution is 2.28. The van der Waals surface area contributed by atoms with Gasteiger partial charge in [-0.05, 0) is 43.2 Å². The van der Waals surface area contributed by atoms with Crippen molar-refractivity contribution >= 4 is 11.7 Å². The molecule has 1 aromatic heterocycles. The normalized spacial score (nSPS) is 14.3. The summed E-state index contributed by atoms with van der Waals surface area (Å²) in [5, 5.41) is 0. The Kier molecular flexibility index (Phi) is 4.99.